The van der Waals surface area contributed by atoms with Gasteiger partial charge in [0.1, 0.15) is 0 Å². The Morgan fingerprint density at radius 2 is 2.00 bits per heavy atom. The Labute approximate surface area is 85.4 Å². The number of hydrogen-bond donors (Lipinski definition) is 3. The molecule has 1 saturated carbocycles. The zero-order valence-electron chi connectivity index (χ0n) is 8.72. The summed E-state index contributed by atoms with van der Waals surface area (Å²) in [7, 11) is 0. The predicted molar refractivity (Wildman–Crippen MR) is 56.7 cm³/mol. The third kappa shape index (κ3) is 3.64. The summed E-state index contributed by atoms with van der Waals surface area (Å²) in [6.45, 7) is 1.29. The lowest BCUT2D eigenvalue weighted by Crippen LogP contribution is -2.42. The van der Waals surface area contributed by atoms with E-state index in [2.05, 4.69) is 5.32 Å². The Kier molecular flexibility index (Phi) is 4.35. The normalized spacial score (nSPS) is 19.6. The average molecular weight is 199 g/mol. The van der Waals surface area contributed by atoms with Crippen molar-refractivity contribution in [3.63, 3.8) is 0 Å². The third-order valence-corrected chi connectivity index (χ3v) is 2.82. The van der Waals surface area contributed by atoms with Gasteiger partial charge in [-0.15, -0.1) is 0 Å². The number of nitrogens with one attached hydrogen (secondary N) is 1. The highest BCUT2D eigenvalue weighted by Crippen LogP contribution is 2.29. The largest absolute Gasteiger partial charge is 0.356 e. The van der Waals surface area contributed by atoms with Gasteiger partial charge in [-0.3, -0.25) is 4.79 Å². The molecular weight excluding hydrogens is 178 g/mol. The van der Waals surface area contributed by atoms with E-state index in [1.54, 1.807) is 0 Å². The quantitative estimate of drug-likeness (QED) is 0.550. The van der Waals surface area contributed by atoms with Crippen molar-refractivity contribution in [2.45, 2.75) is 44.1 Å². The predicted octanol–water partition coefficient (Wildman–Crippen LogP) is 0.113. The molecule has 0 unspecified atom stereocenters. The van der Waals surface area contributed by atoms with Gasteiger partial charge >= 0.3 is 0 Å². The van der Waals surface area contributed by atoms with Gasteiger partial charge in [-0.05, 0) is 25.8 Å². The minimum atomic E-state index is -0.229. The van der Waals surface area contributed by atoms with Crippen LogP contribution in [0, 0.1) is 0 Å². The summed E-state index contributed by atoms with van der Waals surface area (Å²) >= 11 is 0. The molecule has 82 valence electrons. The number of nitrogens with two attached hydrogens (primary N) is 2. The Hall–Kier alpha value is -0.610. The molecule has 0 aromatic carbocycles. The second kappa shape index (κ2) is 5.32. The second-order valence-corrected chi connectivity index (χ2v) is 4.24. The van der Waals surface area contributed by atoms with Crippen molar-refractivity contribution in [3.8, 4) is 0 Å². The molecule has 0 radical (unpaired) electrons. The summed E-state index contributed by atoms with van der Waals surface area (Å²) in [4.78, 5) is 11.4. The first-order chi connectivity index (χ1) is 6.66. The summed E-state index contributed by atoms with van der Waals surface area (Å²) in [5.41, 5.74) is 11.2. The third-order valence-electron chi connectivity index (χ3n) is 2.82. The van der Waals surface area contributed by atoms with Crippen LogP contribution in [0.3, 0.4) is 0 Å². The van der Waals surface area contributed by atoms with Crippen molar-refractivity contribution in [1.29, 1.82) is 0 Å². The monoisotopic (exact) mass is 199 g/mol. The van der Waals surface area contributed by atoms with Gasteiger partial charge in [0, 0.05) is 18.5 Å². The highest BCUT2D eigenvalue weighted by atomic mass is 16.1. The summed E-state index contributed by atoms with van der Waals surface area (Å²) in [5, 5.41) is 2.84. The molecule has 0 aliphatic heterocycles. The Bertz CT molecular complexity index is 188. The molecule has 0 atom stereocenters. The van der Waals surface area contributed by atoms with Crippen LogP contribution in [0.4, 0.5) is 0 Å². The lowest BCUT2D eigenvalue weighted by atomic mass is 9.94. The van der Waals surface area contributed by atoms with E-state index in [9.17, 15) is 4.79 Å². The van der Waals surface area contributed by atoms with Crippen LogP contribution in [0.15, 0.2) is 0 Å². The molecular formula is C10H21N3O. The van der Waals surface area contributed by atoms with Crippen LogP contribution in [0.5, 0.6) is 0 Å². The minimum Gasteiger partial charge on any atom is -0.356 e. The number of carbonyl (C=O) groups excluding carboxylic acids is 1. The lowest BCUT2D eigenvalue weighted by Gasteiger charge is -2.22. The molecule has 1 amide bonds. The van der Waals surface area contributed by atoms with Gasteiger partial charge in [-0.1, -0.05) is 12.8 Å². The van der Waals surface area contributed by atoms with E-state index < -0.39 is 0 Å². The van der Waals surface area contributed by atoms with Crippen LogP contribution in [-0.4, -0.2) is 24.5 Å². The van der Waals surface area contributed by atoms with Gasteiger partial charge in [0.2, 0.25) is 5.91 Å². The molecule has 14 heavy (non-hydrogen) atoms. The summed E-state index contributed by atoms with van der Waals surface area (Å²) in [6, 6.07) is 0. The molecule has 1 aliphatic rings. The van der Waals surface area contributed by atoms with Gasteiger partial charge in [-0.25, -0.2) is 0 Å². The van der Waals surface area contributed by atoms with Crippen LogP contribution < -0.4 is 16.8 Å². The first kappa shape index (κ1) is 11.5. The van der Waals surface area contributed by atoms with Gasteiger partial charge in [0.05, 0.1) is 0 Å². The molecule has 1 fully saturated rings. The smallest absolute Gasteiger partial charge is 0.221 e. The molecule has 5 N–H and O–H groups in total. The summed E-state index contributed by atoms with van der Waals surface area (Å²) < 4.78 is 0. The molecule has 0 spiro atoms. The fourth-order valence-electron chi connectivity index (χ4n) is 1.97. The molecule has 0 aromatic heterocycles. The number of hydrogen-bond acceptors (Lipinski definition) is 3. The highest BCUT2D eigenvalue weighted by molar-refractivity contribution is 5.77. The fraction of sp³-hybridized carbons (Fsp3) is 0.900. The Morgan fingerprint density at radius 1 is 1.36 bits per heavy atom. The topological polar surface area (TPSA) is 81.1 Å². The van der Waals surface area contributed by atoms with Crippen molar-refractivity contribution in [2.24, 2.45) is 11.5 Å². The standard InChI is InChI=1S/C10H21N3O/c11-6-3-7-13-9(14)8-10(12)4-1-2-5-10/h1-8,11-12H2,(H,13,14). The van der Waals surface area contributed by atoms with Gasteiger partial charge in [-0.2, -0.15) is 0 Å². The van der Waals surface area contributed by atoms with Crippen molar-refractivity contribution in [3.05, 3.63) is 0 Å². The van der Waals surface area contributed by atoms with E-state index in [1.807, 2.05) is 0 Å². The number of rotatable bonds is 5. The maximum atomic E-state index is 11.4. The average Bonchev–Trinajstić information content (AvgIpc) is 2.52. The molecule has 4 heteroatoms. The molecule has 0 saturated heterocycles. The lowest BCUT2D eigenvalue weighted by molar-refractivity contribution is -0.122. The molecule has 1 rings (SSSR count). The highest BCUT2D eigenvalue weighted by Gasteiger charge is 2.31. The second-order valence-electron chi connectivity index (χ2n) is 4.24. The molecule has 0 aromatic rings. The van der Waals surface area contributed by atoms with Gasteiger partial charge in [0.25, 0.3) is 0 Å². The zero-order valence-corrected chi connectivity index (χ0v) is 8.72. The summed E-state index contributed by atoms with van der Waals surface area (Å²) in [6.07, 6.45) is 5.59. The summed E-state index contributed by atoms with van der Waals surface area (Å²) in [5.74, 6) is 0.0721. The van der Waals surface area contributed by atoms with Crippen LogP contribution >= 0.6 is 0 Å². The van der Waals surface area contributed by atoms with Crippen molar-refractivity contribution < 1.29 is 4.79 Å². The molecule has 0 bridgehead atoms. The molecule has 0 heterocycles. The van der Waals surface area contributed by atoms with Crippen molar-refractivity contribution in [2.75, 3.05) is 13.1 Å². The number of carbonyl (C=O) groups is 1. The van der Waals surface area contributed by atoms with E-state index in [4.69, 9.17) is 11.5 Å². The minimum absolute atomic E-state index is 0.0721. The van der Waals surface area contributed by atoms with Gasteiger partial charge in [0.15, 0.2) is 0 Å². The first-order valence-corrected chi connectivity index (χ1v) is 5.42. The Balaban J connectivity index is 2.19. The Morgan fingerprint density at radius 3 is 2.57 bits per heavy atom. The van der Waals surface area contributed by atoms with Crippen molar-refractivity contribution in [1.82, 2.24) is 5.32 Å². The maximum Gasteiger partial charge on any atom is 0.221 e. The van der Waals surface area contributed by atoms with Crippen LogP contribution in [-0.2, 0) is 4.79 Å². The SMILES string of the molecule is NCCCNC(=O)CC1(N)CCCC1. The van der Waals surface area contributed by atoms with Crippen molar-refractivity contribution >= 4 is 5.91 Å². The van der Waals surface area contributed by atoms with E-state index in [1.165, 1.54) is 0 Å². The van der Waals surface area contributed by atoms with E-state index in [0.29, 0.717) is 19.5 Å². The zero-order chi connectivity index (χ0) is 10.4. The first-order valence-electron chi connectivity index (χ1n) is 5.42. The molecule has 4 nitrogen and oxygen atoms in total. The van der Waals surface area contributed by atoms with Gasteiger partial charge < -0.3 is 16.8 Å². The van der Waals surface area contributed by atoms with E-state index in [0.717, 1.165) is 32.1 Å². The van der Waals surface area contributed by atoms with E-state index >= 15 is 0 Å². The number of amides is 1. The molecule has 1 aliphatic carbocycles. The van der Waals surface area contributed by atoms with Crippen LogP contribution in [0.1, 0.15) is 38.5 Å². The van der Waals surface area contributed by atoms with Crippen LogP contribution in [0.2, 0.25) is 0 Å². The van der Waals surface area contributed by atoms with Crippen LogP contribution in [0.25, 0.3) is 0 Å². The maximum absolute atomic E-state index is 11.4. The van der Waals surface area contributed by atoms with E-state index in [-0.39, 0.29) is 11.4 Å². The fourth-order valence-corrected chi connectivity index (χ4v) is 1.97.